The molecule has 0 unspecified atom stereocenters. The van der Waals surface area contributed by atoms with Gasteiger partial charge in [-0.25, -0.2) is 4.98 Å². The fourth-order valence-corrected chi connectivity index (χ4v) is 3.05. The van der Waals surface area contributed by atoms with Gasteiger partial charge in [0.1, 0.15) is 0 Å². The fraction of sp³-hybridized carbons (Fsp3) is 0.0870. The molecule has 0 bridgehead atoms. The number of hydrogen-bond acceptors (Lipinski definition) is 5. The minimum atomic E-state index is 0.688. The molecule has 138 valence electrons. The summed E-state index contributed by atoms with van der Waals surface area (Å²) in [7, 11) is 3.27. The van der Waals surface area contributed by atoms with Crippen molar-refractivity contribution < 1.29 is 9.47 Å². The van der Waals surface area contributed by atoms with Crippen molar-refractivity contribution in [2.75, 3.05) is 14.2 Å². The third-order valence-electron chi connectivity index (χ3n) is 4.49. The summed E-state index contributed by atoms with van der Waals surface area (Å²) in [6.07, 6.45) is 7.08. The molecule has 5 heteroatoms. The van der Waals surface area contributed by atoms with Crippen LogP contribution in [0.3, 0.4) is 0 Å². The highest BCUT2D eigenvalue weighted by Crippen LogP contribution is 2.35. The van der Waals surface area contributed by atoms with E-state index in [0.29, 0.717) is 11.5 Å². The Bertz CT molecular complexity index is 1030. The molecule has 4 aromatic rings. The molecule has 0 aliphatic rings. The van der Waals surface area contributed by atoms with Crippen LogP contribution in [0.15, 0.2) is 79.4 Å². The third-order valence-corrected chi connectivity index (χ3v) is 4.49. The summed E-state index contributed by atoms with van der Waals surface area (Å²) < 4.78 is 10.8. The first-order chi connectivity index (χ1) is 13.8. The summed E-state index contributed by atoms with van der Waals surface area (Å²) in [5.74, 6) is 1.39. The van der Waals surface area contributed by atoms with E-state index in [1.807, 2.05) is 42.5 Å². The molecule has 4 rings (SSSR count). The predicted molar refractivity (Wildman–Crippen MR) is 109 cm³/mol. The quantitative estimate of drug-likeness (QED) is 0.501. The number of rotatable bonds is 5. The first kappa shape index (κ1) is 17.7. The van der Waals surface area contributed by atoms with Crippen molar-refractivity contribution in [3.8, 4) is 45.1 Å². The van der Waals surface area contributed by atoms with E-state index in [2.05, 4.69) is 22.1 Å². The van der Waals surface area contributed by atoms with Crippen LogP contribution >= 0.6 is 0 Å². The van der Waals surface area contributed by atoms with Crippen molar-refractivity contribution in [3.63, 3.8) is 0 Å². The highest BCUT2D eigenvalue weighted by Gasteiger charge is 2.11. The van der Waals surface area contributed by atoms with Gasteiger partial charge in [0.15, 0.2) is 11.5 Å². The Hall–Kier alpha value is -3.73. The average Bonchev–Trinajstić information content (AvgIpc) is 2.79. The average molecular weight is 369 g/mol. The molecule has 0 saturated carbocycles. The van der Waals surface area contributed by atoms with Gasteiger partial charge in [-0.05, 0) is 59.7 Å². The lowest BCUT2D eigenvalue weighted by Crippen LogP contribution is -1.93. The predicted octanol–water partition coefficient (Wildman–Crippen LogP) is 4.89. The lowest BCUT2D eigenvalue weighted by molar-refractivity contribution is 0.355. The lowest BCUT2D eigenvalue weighted by atomic mass is 10.0. The summed E-state index contributed by atoms with van der Waals surface area (Å²) in [6, 6.07) is 17.9. The van der Waals surface area contributed by atoms with Gasteiger partial charge in [-0.15, -0.1) is 0 Å². The van der Waals surface area contributed by atoms with E-state index in [1.54, 1.807) is 39.0 Å². The standard InChI is InChI=1S/C23H19N3O2/c1-27-22-4-3-18(15-23(22)28-2)19-13-20(16-5-9-24-10-6-16)26-21(14-19)17-7-11-25-12-8-17/h3-15H,1-2H3. The van der Waals surface area contributed by atoms with Gasteiger partial charge in [0.25, 0.3) is 0 Å². The molecule has 0 aliphatic carbocycles. The minimum Gasteiger partial charge on any atom is -0.493 e. The maximum atomic E-state index is 5.47. The van der Waals surface area contributed by atoms with Gasteiger partial charge in [-0.2, -0.15) is 0 Å². The molecule has 0 atom stereocenters. The van der Waals surface area contributed by atoms with Gasteiger partial charge < -0.3 is 9.47 Å². The first-order valence-electron chi connectivity index (χ1n) is 8.84. The number of methoxy groups -OCH3 is 2. The van der Waals surface area contributed by atoms with Crippen LogP contribution in [0.2, 0.25) is 0 Å². The molecule has 0 amide bonds. The molecule has 0 aliphatic heterocycles. The number of nitrogens with zero attached hydrogens (tertiary/aromatic N) is 3. The Kier molecular flexibility index (Phi) is 4.97. The number of ether oxygens (including phenoxy) is 2. The second-order valence-corrected chi connectivity index (χ2v) is 6.17. The molecular weight excluding hydrogens is 350 g/mol. The Balaban J connectivity index is 1.89. The van der Waals surface area contributed by atoms with Gasteiger partial charge in [-0.3, -0.25) is 9.97 Å². The Morgan fingerprint density at radius 3 is 1.57 bits per heavy atom. The van der Waals surface area contributed by atoms with Crippen LogP contribution in [0.4, 0.5) is 0 Å². The Morgan fingerprint density at radius 1 is 0.536 bits per heavy atom. The maximum absolute atomic E-state index is 5.47. The highest BCUT2D eigenvalue weighted by molar-refractivity contribution is 5.77. The molecule has 1 aromatic carbocycles. The van der Waals surface area contributed by atoms with Gasteiger partial charge in [0, 0.05) is 35.9 Å². The molecule has 0 saturated heterocycles. The van der Waals surface area contributed by atoms with E-state index < -0.39 is 0 Å². The van der Waals surface area contributed by atoms with Crippen LogP contribution in [0.25, 0.3) is 33.6 Å². The SMILES string of the molecule is COc1ccc(-c2cc(-c3ccncc3)nc(-c3ccncc3)c2)cc1OC. The van der Waals surface area contributed by atoms with Gasteiger partial charge in [0.2, 0.25) is 0 Å². The van der Waals surface area contributed by atoms with Crippen molar-refractivity contribution in [2.24, 2.45) is 0 Å². The van der Waals surface area contributed by atoms with E-state index >= 15 is 0 Å². The number of pyridine rings is 3. The summed E-state index contributed by atoms with van der Waals surface area (Å²) in [5.41, 5.74) is 5.82. The van der Waals surface area contributed by atoms with Crippen molar-refractivity contribution >= 4 is 0 Å². The first-order valence-corrected chi connectivity index (χ1v) is 8.84. The third kappa shape index (κ3) is 3.55. The molecule has 0 N–H and O–H groups in total. The molecule has 3 aromatic heterocycles. The molecule has 3 heterocycles. The van der Waals surface area contributed by atoms with Crippen molar-refractivity contribution in [2.45, 2.75) is 0 Å². The van der Waals surface area contributed by atoms with Crippen molar-refractivity contribution in [3.05, 3.63) is 79.4 Å². The Labute approximate surface area is 163 Å². The van der Waals surface area contributed by atoms with Crippen LogP contribution < -0.4 is 9.47 Å². The topological polar surface area (TPSA) is 57.1 Å². The Morgan fingerprint density at radius 2 is 1.07 bits per heavy atom. The van der Waals surface area contributed by atoms with Crippen LogP contribution in [0, 0.1) is 0 Å². The molecule has 0 spiro atoms. The van der Waals surface area contributed by atoms with E-state index in [1.165, 1.54) is 0 Å². The van der Waals surface area contributed by atoms with Gasteiger partial charge in [0.05, 0.1) is 25.6 Å². The fourth-order valence-electron chi connectivity index (χ4n) is 3.05. The molecule has 5 nitrogen and oxygen atoms in total. The van der Waals surface area contributed by atoms with Crippen molar-refractivity contribution in [1.29, 1.82) is 0 Å². The van der Waals surface area contributed by atoms with Crippen LogP contribution in [-0.4, -0.2) is 29.2 Å². The number of benzene rings is 1. The van der Waals surface area contributed by atoms with E-state index in [-0.39, 0.29) is 0 Å². The van der Waals surface area contributed by atoms with Crippen LogP contribution in [0.5, 0.6) is 11.5 Å². The van der Waals surface area contributed by atoms with E-state index in [0.717, 1.165) is 33.6 Å². The monoisotopic (exact) mass is 369 g/mol. The van der Waals surface area contributed by atoms with E-state index in [9.17, 15) is 0 Å². The summed E-state index contributed by atoms with van der Waals surface area (Å²) >= 11 is 0. The molecular formula is C23H19N3O2. The summed E-state index contributed by atoms with van der Waals surface area (Å²) in [4.78, 5) is 13.1. The van der Waals surface area contributed by atoms with Crippen LogP contribution in [-0.2, 0) is 0 Å². The second-order valence-electron chi connectivity index (χ2n) is 6.17. The molecule has 0 fully saturated rings. The lowest BCUT2D eigenvalue weighted by Gasteiger charge is -2.12. The smallest absolute Gasteiger partial charge is 0.161 e. The molecule has 0 radical (unpaired) electrons. The van der Waals surface area contributed by atoms with Gasteiger partial charge in [-0.1, -0.05) is 6.07 Å². The normalized spacial score (nSPS) is 10.5. The minimum absolute atomic E-state index is 0.688. The largest absolute Gasteiger partial charge is 0.493 e. The van der Waals surface area contributed by atoms with E-state index in [4.69, 9.17) is 14.5 Å². The zero-order valence-corrected chi connectivity index (χ0v) is 15.7. The molecule has 28 heavy (non-hydrogen) atoms. The second kappa shape index (κ2) is 7.88. The van der Waals surface area contributed by atoms with Gasteiger partial charge >= 0.3 is 0 Å². The summed E-state index contributed by atoms with van der Waals surface area (Å²) in [6.45, 7) is 0. The summed E-state index contributed by atoms with van der Waals surface area (Å²) in [5, 5.41) is 0. The highest BCUT2D eigenvalue weighted by atomic mass is 16.5. The van der Waals surface area contributed by atoms with Crippen LogP contribution in [0.1, 0.15) is 0 Å². The van der Waals surface area contributed by atoms with Crippen molar-refractivity contribution in [1.82, 2.24) is 15.0 Å². The number of aromatic nitrogens is 3. The number of hydrogen-bond donors (Lipinski definition) is 0. The zero-order valence-electron chi connectivity index (χ0n) is 15.7. The zero-order chi connectivity index (χ0) is 19.3. The maximum Gasteiger partial charge on any atom is 0.161 e.